The molecule has 0 N–H and O–H groups in total. The summed E-state index contributed by atoms with van der Waals surface area (Å²) in [6, 6.07) is 4.80. The fourth-order valence-electron chi connectivity index (χ4n) is 1.64. The van der Waals surface area contributed by atoms with E-state index in [-0.39, 0.29) is 5.02 Å². The number of hydrogen-bond acceptors (Lipinski definition) is 1. The Labute approximate surface area is 113 Å². The number of nitrogens with zero attached hydrogens (tertiary/aromatic N) is 2. The summed E-state index contributed by atoms with van der Waals surface area (Å²) in [6.45, 7) is 4.43. The van der Waals surface area contributed by atoms with Gasteiger partial charge in [0, 0.05) is 0 Å². The second kappa shape index (κ2) is 4.78. The molecule has 0 aliphatic heterocycles. The second-order valence-electron chi connectivity index (χ2n) is 3.89. The van der Waals surface area contributed by atoms with Crippen molar-refractivity contribution in [2.45, 2.75) is 20.4 Å². The Kier molecular flexibility index (Phi) is 3.54. The first-order valence-corrected chi connectivity index (χ1v) is 6.29. The first-order chi connectivity index (χ1) is 7.99. The van der Waals surface area contributed by atoms with Crippen LogP contribution in [0.5, 0.6) is 0 Å². The van der Waals surface area contributed by atoms with Gasteiger partial charge in [-0.3, -0.25) is 4.68 Å². The van der Waals surface area contributed by atoms with E-state index in [2.05, 4.69) is 21.0 Å². The summed E-state index contributed by atoms with van der Waals surface area (Å²) in [5, 5.41) is 4.51. The molecule has 0 atom stereocenters. The summed E-state index contributed by atoms with van der Waals surface area (Å²) in [7, 11) is 0. The number of benzene rings is 1. The van der Waals surface area contributed by atoms with E-state index in [1.54, 1.807) is 12.1 Å². The molecule has 0 amide bonds. The Morgan fingerprint density at radius 2 is 2.12 bits per heavy atom. The molecule has 0 saturated carbocycles. The van der Waals surface area contributed by atoms with Crippen LogP contribution in [0, 0.1) is 19.7 Å². The molecule has 1 aromatic heterocycles. The number of aromatic nitrogens is 2. The van der Waals surface area contributed by atoms with Crippen molar-refractivity contribution in [3.05, 3.63) is 50.5 Å². The van der Waals surface area contributed by atoms with Crippen LogP contribution in [0.15, 0.2) is 22.7 Å². The molecule has 1 heterocycles. The summed E-state index contributed by atoms with van der Waals surface area (Å²) in [5.41, 5.74) is 2.79. The fraction of sp³-hybridized carbons (Fsp3) is 0.250. The van der Waals surface area contributed by atoms with Crippen LogP contribution in [0.3, 0.4) is 0 Å². The first-order valence-electron chi connectivity index (χ1n) is 5.12. The highest BCUT2D eigenvalue weighted by Crippen LogP contribution is 2.21. The van der Waals surface area contributed by atoms with Gasteiger partial charge in [0.15, 0.2) is 0 Å². The highest BCUT2D eigenvalue weighted by Gasteiger charge is 2.09. The van der Waals surface area contributed by atoms with Gasteiger partial charge in [0.1, 0.15) is 5.82 Å². The molecule has 90 valence electrons. The lowest BCUT2D eigenvalue weighted by molar-refractivity contribution is 0.616. The molecule has 2 nitrogen and oxygen atoms in total. The molecule has 0 bridgehead atoms. The van der Waals surface area contributed by atoms with Crippen molar-refractivity contribution in [3.63, 3.8) is 0 Å². The third-order valence-electron chi connectivity index (χ3n) is 2.61. The van der Waals surface area contributed by atoms with Crippen molar-refractivity contribution in [2.75, 3.05) is 0 Å². The molecule has 2 aromatic rings. The number of rotatable bonds is 2. The van der Waals surface area contributed by atoms with Gasteiger partial charge in [-0.15, -0.1) is 0 Å². The third-order valence-corrected chi connectivity index (χ3v) is 4.06. The van der Waals surface area contributed by atoms with Crippen LogP contribution in [0.1, 0.15) is 17.0 Å². The number of hydrogen-bond donors (Lipinski definition) is 0. The van der Waals surface area contributed by atoms with Gasteiger partial charge in [-0.1, -0.05) is 17.7 Å². The minimum Gasteiger partial charge on any atom is -0.264 e. The molecule has 0 aliphatic carbocycles. The largest absolute Gasteiger partial charge is 0.264 e. The standard InChI is InChI=1S/C12H11BrClFN2/c1-7-12(13)8(2)17(16-7)6-9-3-4-10(14)11(15)5-9/h3-5H,6H2,1-2H3. The first kappa shape index (κ1) is 12.6. The minimum atomic E-state index is -0.398. The molecular formula is C12H11BrClFN2. The van der Waals surface area contributed by atoms with E-state index in [4.69, 9.17) is 11.6 Å². The molecule has 5 heteroatoms. The van der Waals surface area contributed by atoms with Crippen molar-refractivity contribution >= 4 is 27.5 Å². The highest BCUT2D eigenvalue weighted by atomic mass is 79.9. The van der Waals surface area contributed by atoms with Gasteiger partial charge in [0.05, 0.1) is 27.4 Å². The molecule has 2 rings (SSSR count). The average molecular weight is 318 g/mol. The quantitative estimate of drug-likeness (QED) is 0.815. The lowest BCUT2D eigenvalue weighted by atomic mass is 10.2. The van der Waals surface area contributed by atoms with Crippen molar-refractivity contribution in [3.8, 4) is 0 Å². The van der Waals surface area contributed by atoms with Crippen LogP contribution in [0.2, 0.25) is 5.02 Å². The van der Waals surface area contributed by atoms with E-state index in [0.29, 0.717) is 6.54 Å². The predicted molar refractivity (Wildman–Crippen MR) is 69.9 cm³/mol. The molecule has 0 fully saturated rings. The molecule has 0 saturated heterocycles. The van der Waals surface area contributed by atoms with Gasteiger partial charge >= 0.3 is 0 Å². The number of halogens is 3. The molecular weight excluding hydrogens is 307 g/mol. The minimum absolute atomic E-state index is 0.142. The van der Waals surface area contributed by atoms with Gasteiger partial charge in [-0.05, 0) is 47.5 Å². The Balaban J connectivity index is 2.31. The molecule has 17 heavy (non-hydrogen) atoms. The SMILES string of the molecule is Cc1nn(Cc2ccc(Cl)c(F)c2)c(C)c1Br. The van der Waals surface area contributed by atoms with Gasteiger partial charge in [0.2, 0.25) is 0 Å². The maximum Gasteiger partial charge on any atom is 0.142 e. The van der Waals surface area contributed by atoms with Crippen LogP contribution >= 0.6 is 27.5 Å². The van der Waals surface area contributed by atoms with E-state index in [1.807, 2.05) is 18.5 Å². The molecule has 1 aromatic carbocycles. The Morgan fingerprint density at radius 3 is 2.65 bits per heavy atom. The van der Waals surface area contributed by atoms with E-state index in [1.165, 1.54) is 6.07 Å². The summed E-state index contributed by atoms with van der Waals surface area (Å²) in [6.07, 6.45) is 0. The molecule has 0 unspecified atom stereocenters. The van der Waals surface area contributed by atoms with Gasteiger partial charge in [-0.2, -0.15) is 5.10 Å². The normalized spacial score (nSPS) is 10.9. The summed E-state index contributed by atoms with van der Waals surface area (Å²) in [5.74, 6) is -0.398. The summed E-state index contributed by atoms with van der Waals surface area (Å²) >= 11 is 9.10. The lowest BCUT2D eigenvalue weighted by Crippen LogP contribution is -2.04. The van der Waals surface area contributed by atoms with Crippen molar-refractivity contribution in [1.82, 2.24) is 9.78 Å². The Morgan fingerprint density at radius 1 is 1.41 bits per heavy atom. The topological polar surface area (TPSA) is 17.8 Å². The average Bonchev–Trinajstić information content (AvgIpc) is 2.52. The smallest absolute Gasteiger partial charge is 0.142 e. The van der Waals surface area contributed by atoms with Crippen molar-refractivity contribution < 1.29 is 4.39 Å². The van der Waals surface area contributed by atoms with Crippen LogP contribution in [0.25, 0.3) is 0 Å². The van der Waals surface area contributed by atoms with Gasteiger partial charge < -0.3 is 0 Å². The van der Waals surface area contributed by atoms with Gasteiger partial charge in [-0.25, -0.2) is 4.39 Å². The summed E-state index contributed by atoms with van der Waals surface area (Å²) < 4.78 is 16.1. The highest BCUT2D eigenvalue weighted by molar-refractivity contribution is 9.10. The van der Waals surface area contributed by atoms with Crippen LogP contribution in [-0.2, 0) is 6.54 Å². The van der Waals surface area contributed by atoms with Crippen molar-refractivity contribution in [1.29, 1.82) is 0 Å². The zero-order chi connectivity index (χ0) is 12.6. The van der Waals surface area contributed by atoms with Crippen LogP contribution in [0.4, 0.5) is 4.39 Å². The predicted octanol–water partition coefficient (Wildman–Crippen LogP) is 4.10. The molecule has 0 aliphatic rings. The second-order valence-corrected chi connectivity index (χ2v) is 5.09. The zero-order valence-electron chi connectivity index (χ0n) is 9.47. The van der Waals surface area contributed by atoms with E-state index < -0.39 is 5.82 Å². The number of aryl methyl sites for hydroxylation is 1. The van der Waals surface area contributed by atoms with Crippen LogP contribution < -0.4 is 0 Å². The Bertz CT molecular complexity index is 566. The molecule has 0 spiro atoms. The third kappa shape index (κ3) is 2.53. The lowest BCUT2D eigenvalue weighted by Gasteiger charge is -2.05. The van der Waals surface area contributed by atoms with E-state index in [9.17, 15) is 4.39 Å². The fourth-order valence-corrected chi connectivity index (χ4v) is 2.04. The van der Waals surface area contributed by atoms with E-state index >= 15 is 0 Å². The van der Waals surface area contributed by atoms with Gasteiger partial charge in [0.25, 0.3) is 0 Å². The monoisotopic (exact) mass is 316 g/mol. The zero-order valence-corrected chi connectivity index (χ0v) is 11.8. The van der Waals surface area contributed by atoms with E-state index in [0.717, 1.165) is 21.4 Å². The maximum atomic E-state index is 13.3. The van der Waals surface area contributed by atoms with Crippen molar-refractivity contribution in [2.24, 2.45) is 0 Å². The molecule has 0 radical (unpaired) electrons. The summed E-state index contributed by atoms with van der Waals surface area (Å²) in [4.78, 5) is 0. The maximum absolute atomic E-state index is 13.3. The van der Waals surface area contributed by atoms with Crippen LogP contribution in [-0.4, -0.2) is 9.78 Å². The Hall–Kier alpha value is -0.870.